The molecular formula is C17H20N4O3S2. The summed E-state index contributed by atoms with van der Waals surface area (Å²) in [6.07, 6.45) is 0.184. The predicted octanol–water partition coefficient (Wildman–Crippen LogP) is 2.23. The third-order valence-electron chi connectivity index (χ3n) is 4.25. The highest BCUT2D eigenvalue weighted by Crippen LogP contribution is 2.29. The van der Waals surface area contributed by atoms with E-state index >= 15 is 0 Å². The van der Waals surface area contributed by atoms with Crippen LogP contribution >= 0.6 is 23.1 Å². The summed E-state index contributed by atoms with van der Waals surface area (Å²) in [7, 11) is 0. The van der Waals surface area contributed by atoms with Crippen LogP contribution in [0.1, 0.15) is 17.5 Å². The Kier molecular flexibility index (Phi) is 5.90. The van der Waals surface area contributed by atoms with E-state index in [0.717, 1.165) is 11.3 Å². The number of anilines is 2. The maximum Gasteiger partial charge on any atom is 0.231 e. The lowest BCUT2D eigenvalue weighted by Crippen LogP contribution is -2.28. The lowest BCUT2D eigenvalue weighted by molar-refractivity contribution is -0.122. The smallest absolute Gasteiger partial charge is 0.231 e. The Morgan fingerprint density at radius 3 is 2.92 bits per heavy atom. The van der Waals surface area contributed by atoms with Crippen molar-refractivity contribution >= 4 is 45.7 Å². The van der Waals surface area contributed by atoms with Crippen molar-refractivity contribution in [1.82, 2.24) is 10.2 Å². The second-order valence-electron chi connectivity index (χ2n) is 6.11. The van der Waals surface area contributed by atoms with E-state index in [2.05, 4.69) is 15.5 Å². The van der Waals surface area contributed by atoms with Crippen molar-refractivity contribution in [1.29, 1.82) is 0 Å². The van der Waals surface area contributed by atoms with Crippen LogP contribution in [-0.2, 0) is 9.59 Å². The molecule has 26 heavy (non-hydrogen) atoms. The van der Waals surface area contributed by atoms with E-state index in [1.807, 2.05) is 32.0 Å². The van der Waals surface area contributed by atoms with Crippen molar-refractivity contribution in [3.63, 3.8) is 0 Å². The molecule has 1 atom stereocenters. The number of nitrogens with one attached hydrogen (secondary N) is 1. The second-order valence-corrected chi connectivity index (χ2v) is 8.43. The predicted molar refractivity (Wildman–Crippen MR) is 103 cm³/mol. The van der Waals surface area contributed by atoms with E-state index < -0.39 is 5.92 Å². The summed E-state index contributed by atoms with van der Waals surface area (Å²) in [4.78, 5) is 26.5. The molecule has 0 bridgehead atoms. The number of aliphatic hydroxyl groups excluding tert-OH is 1. The van der Waals surface area contributed by atoms with Crippen molar-refractivity contribution in [3.8, 4) is 0 Å². The Hall–Kier alpha value is -1.97. The zero-order chi connectivity index (χ0) is 18.7. The highest BCUT2D eigenvalue weighted by molar-refractivity contribution is 8.01. The second kappa shape index (κ2) is 8.15. The Labute approximate surface area is 159 Å². The summed E-state index contributed by atoms with van der Waals surface area (Å²) < 4.78 is 0.689. The molecule has 1 aromatic carbocycles. The van der Waals surface area contributed by atoms with Gasteiger partial charge in [-0.1, -0.05) is 29.2 Å². The summed E-state index contributed by atoms with van der Waals surface area (Å²) in [6, 6.07) is 5.87. The number of aliphatic hydroxyl groups is 1. The molecule has 1 fully saturated rings. The lowest BCUT2D eigenvalue weighted by Gasteiger charge is -2.17. The van der Waals surface area contributed by atoms with Gasteiger partial charge in [0.1, 0.15) is 0 Å². The molecule has 1 aliphatic rings. The number of thioether (sulfide) groups is 1. The van der Waals surface area contributed by atoms with Crippen LogP contribution in [0.3, 0.4) is 0 Å². The molecule has 2 heterocycles. The molecule has 0 radical (unpaired) electrons. The number of hydrogen-bond donors (Lipinski definition) is 2. The number of hydrogen-bond acceptors (Lipinski definition) is 7. The Bertz CT molecular complexity index is 824. The van der Waals surface area contributed by atoms with E-state index in [0.29, 0.717) is 21.8 Å². The standard InChI is InChI=1S/C17H20N4O3S2/c1-10-3-4-13(7-11(10)2)21-9-12(8-14(21)23)15(24)18-16-19-20-17(26-16)25-6-5-22/h3-4,7,12,22H,5-6,8-9H2,1-2H3,(H,18,19,24)/t12-/m0/s1. The first kappa shape index (κ1) is 18.8. The van der Waals surface area contributed by atoms with E-state index in [1.165, 1.54) is 28.7 Å². The van der Waals surface area contributed by atoms with Gasteiger partial charge in [-0.3, -0.25) is 9.59 Å². The van der Waals surface area contributed by atoms with Crippen LogP contribution in [0.25, 0.3) is 0 Å². The summed E-state index contributed by atoms with van der Waals surface area (Å²) >= 11 is 2.64. The van der Waals surface area contributed by atoms with Gasteiger partial charge in [0.2, 0.25) is 16.9 Å². The molecule has 2 N–H and O–H groups in total. The minimum absolute atomic E-state index is 0.0511. The molecule has 0 saturated carbocycles. The van der Waals surface area contributed by atoms with Crippen molar-refractivity contribution in [2.24, 2.45) is 5.92 Å². The largest absolute Gasteiger partial charge is 0.396 e. The molecule has 0 aliphatic carbocycles. The third kappa shape index (κ3) is 4.22. The fourth-order valence-electron chi connectivity index (χ4n) is 2.69. The normalized spacial score (nSPS) is 17.0. The van der Waals surface area contributed by atoms with E-state index in [-0.39, 0.29) is 24.8 Å². The lowest BCUT2D eigenvalue weighted by atomic mass is 10.1. The summed E-state index contributed by atoms with van der Waals surface area (Å²) in [6.45, 7) is 4.45. The van der Waals surface area contributed by atoms with Gasteiger partial charge in [-0.05, 0) is 37.1 Å². The van der Waals surface area contributed by atoms with E-state index in [1.54, 1.807) is 4.90 Å². The molecule has 9 heteroatoms. The molecule has 2 aromatic rings. The van der Waals surface area contributed by atoms with Crippen LogP contribution in [0.5, 0.6) is 0 Å². The monoisotopic (exact) mass is 392 g/mol. The molecule has 138 valence electrons. The molecule has 1 saturated heterocycles. The van der Waals surface area contributed by atoms with Crippen LogP contribution < -0.4 is 10.2 Å². The summed E-state index contributed by atoms with van der Waals surface area (Å²) in [5.74, 6) is -0.157. The average Bonchev–Trinajstić information content (AvgIpc) is 3.22. The molecule has 1 aliphatic heterocycles. The fourth-order valence-corrected chi connectivity index (χ4v) is 4.25. The summed E-state index contributed by atoms with van der Waals surface area (Å²) in [5, 5.41) is 19.9. The Morgan fingerprint density at radius 2 is 2.19 bits per heavy atom. The van der Waals surface area contributed by atoms with Gasteiger partial charge in [0, 0.05) is 24.4 Å². The van der Waals surface area contributed by atoms with Crippen molar-refractivity contribution in [2.75, 3.05) is 29.1 Å². The third-order valence-corrected chi connectivity index (χ3v) is 6.20. The van der Waals surface area contributed by atoms with Gasteiger partial charge in [-0.25, -0.2) is 0 Å². The van der Waals surface area contributed by atoms with Gasteiger partial charge in [-0.15, -0.1) is 10.2 Å². The number of carbonyl (C=O) groups excluding carboxylic acids is 2. The average molecular weight is 393 g/mol. The van der Waals surface area contributed by atoms with Crippen LogP contribution in [0.15, 0.2) is 22.5 Å². The minimum Gasteiger partial charge on any atom is -0.396 e. The number of rotatable bonds is 6. The minimum atomic E-state index is -0.415. The number of benzene rings is 1. The molecule has 2 amide bonds. The van der Waals surface area contributed by atoms with Gasteiger partial charge in [0.25, 0.3) is 0 Å². The molecular weight excluding hydrogens is 372 g/mol. The Balaban J connectivity index is 1.63. The zero-order valence-electron chi connectivity index (χ0n) is 14.6. The molecule has 7 nitrogen and oxygen atoms in total. The number of aryl methyl sites for hydroxylation is 2. The fraction of sp³-hybridized carbons (Fsp3) is 0.412. The number of nitrogens with zero attached hydrogens (tertiary/aromatic N) is 3. The van der Waals surface area contributed by atoms with Gasteiger partial charge in [0.15, 0.2) is 4.34 Å². The molecule has 1 aromatic heterocycles. The maximum atomic E-state index is 12.5. The van der Waals surface area contributed by atoms with Crippen LogP contribution in [-0.4, -0.2) is 46.0 Å². The van der Waals surface area contributed by atoms with Crippen molar-refractivity contribution in [3.05, 3.63) is 29.3 Å². The first-order valence-electron chi connectivity index (χ1n) is 8.23. The van der Waals surface area contributed by atoms with Crippen molar-refractivity contribution < 1.29 is 14.7 Å². The Morgan fingerprint density at radius 1 is 1.38 bits per heavy atom. The number of carbonyl (C=O) groups is 2. The van der Waals surface area contributed by atoms with Gasteiger partial charge in [-0.2, -0.15) is 0 Å². The molecule has 0 unspecified atom stereocenters. The van der Waals surface area contributed by atoms with E-state index in [4.69, 9.17) is 5.11 Å². The van der Waals surface area contributed by atoms with Gasteiger partial charge >= 0.3 is 0 Å². The number of amides is 2. The SMILES string of the molecule is Cc1ccc(N2C[C@@H](C(=O)Nc3nnc(SCCO)s3)CC2=O)cc1C. The van der Waals surface area contributed by atoms with Crippen LogP contribution in [0, 0.1) is 19.8 Å². The highest BCUT2D eigenvalue weighted by Gasteiger charge is 2.35. The van der Waals surface area contributed by atoms with Crippen LogP contribution in [0.2, 0.25) is 0 Å². The number of aromatic nitrogens is 2. The first-order valence-corrected chi connectivity index (χ1v) is 10.0. The van der Waals surface area contributed by atoms with Gasteiger partial charge in [0.05, 0.1) is 12.5 Å². The maximum absolute atomic E-state index is 12.5. The zero-order valence-corrected chi connectivity index (χ0v) is 16.2. The molecule has 3 rings (SSSR count). The summed E-state index contributed by atoms with van der Waals surface area (Å²) in [5.41, 5.74) is 3.11. The van der Waals surface area contributed by atoms with Crippen molar-refractivity contribution in [2.45, 2.75) is 24.6 Å². The van der Waals surface area contributed by atoms with Gasteiger partial charge < -0.3 is 15.3 Å². The van der Waals surface area contributed by atoms with Crippen LogP contribution in [0.4, 0.5) is 10.8 Å². The highest BCUT2D eigenvalue weighted by atomic mass is 32.2. The van der Waals surface area contributed by atoms with E-state index in [9.17, 15) is 9.59 Å². The first-order chi connectivity index (χ1) is 12.5. The quantitative estimate of drug-likeness (QED) is 0.578. The topological polar surface area (TPSA) is 95.4 Å². The molecule has 0 spiro atoms.